The number of carbonyl (C=O) groups is 3. The van der Waals surface area contributed by atoms with Crippen LogP contribution in [-0.2, 0) is 19.2 Å². The van der Waals surface area contributed by atoms with Crippen LogP contribution in [0.3, 0.4) is 0 Å². The zero-order valence-corrected chi connectivity index (χ0v) is 14.2. The van der Waals surface area contributed by atoms with Gasteiger partial charge in [0.1, 0.15) is 6.61 Å². The van der Waals surface area contributed by atoms with Crippen LogP contribution in [0, 0.1) is 0 Å². The molecule has 1 saturated heterocycles. The van der Waals surface area contributed by atoms with Gasteiger partial charge in [0.05, 0.1) is 0 Å². The Morgan fingerprint density at radius 1 is 1.16 bits per heavy atom. The number of hydrogen-bond acceptors (Lipinski definition) is 5. The van der Waals surface area contributed by atoms with Gasteiger partial charge in [-0.2, -0.15) is 0 Å². The SMILES string of the molecule is C/C=C1\C(=C/C)c2ccccc2C1COC(=O)ON1C(=O)CCC1=O. The molecule has 1 aromatic rings. The number of fused-ring (bicyclic) bond motifs is 1. The fraction of sp³-hybridized carbons (Fsp3) is 0.316. The molecule has 0 aromatic heterocycles. The second-order valence-electron chi connectivity index (χ2n) is 5.82. The third-order valence-electron chi connectivity index (χ3n) is 4.45. The molecule has 2 amide bonds. The molecule has 0 bridgehead atoms. The third kappa shape index (κ3) is 3.07. The number of carbonyl (C=O) groups excluding carboxylic acids is 3. The van der Waals surface area contributed by atoms with E-state index in [-0.39, 0.29) is 25.4 Å². The molecule has 6 heteroatoms. The highest BCUT2D eigenvalue weighted by molar-refractivity contribution is 6.01. The topological polar surface area (TPSA) is 72.9 Å². The first-order valence-corrected chi connectivity index (χ1v) is 8.19. The lowest BCUT2D eigenvalue weighted by Gasteiger charge is -2.16. The van der Waals surface area contributed by atoms with Gasteiger partial charge in [0.25, 0.3) is 11.8 Å². The van der Waals surface area contributed by atoms with Crippen LogP contribution in [0.5, 0.6) is 0 Å². The summed E-state index contributed by atoms with van der Waals surface area (Å²) in [6.07, 6.45) is 3.09. The Hall–Kier alpha value is -2.89. The first-order valence-electron chi connectivity index (χ1n) is 8.19. The van der Waals surface area contributed by atoms with Crippen LogP contribution < -0.4 is 0 Å². The molecular weight excluding hydrogens is 322 g/mol. The second kappa shape index (κ2) is 6.93. The van der Waals surface area contributed by atoms with Crippen LogP contribution in [0.1, 0.15) is 43.7 Å². The van der Waals surface area contributed by atoms with Crippen molar-refractivity contribution in [1.29, 1.82) is 0 Å². The van der Waals surface area contributed by atoms with Gasteiger partial charge in [-0.3, -0.25) is 14.4 Å². The van der Waals surface area contributed by atoms with Gasteiger partial charge in [0.2, 0.25) is 0 Å². The maximum Gasteiger partial charge on any atom is 0.533 e. The van der Waals surface area contributed by atoms with Crippen molar-refractivity contribution in [2.45, 2.75) is 32.6 Å². The van der Waals surface area contributed by atoms with E-state index in [4.69, 9.17) is 9.57 Å². The Kier molecular flexibility index (Phi) is 4.70. The Bertz CT molecular complexity index is 777. The molecule has 0 radical (unpaired) electrons. The van der Waals surface area contributed by atoms with Gasteiger partial charge in [-0.05, 0) is 36.1 Å². The highest BCUT2D eigenvalue weighted by Crippen LogP contribution is 2.45. The summed E-state index contributed by atoms with van der Waals surface area (Å²) < 4.78 is 5.19. The number of nitrogens with zero attached hydrogens (tertiary/aromatic N) is 1. The molecule has 3 rings (SSSR count). The first kappa shape index (κ1) is 17.0. The predicted octanol–water partition coefficient (Wildman–Crippen LogP) is 3.35. The van der Waals surface area contributed by atoms with Gasteiger partial charge in [-0.1, -0.05) is 41.5 Å². The van der Waals surface area contributed by atoms with Crippen molar-refractivity contribution < 1.29 is 24.0 Å². The number of amides is 2. The lowest BCUT2D eigenvalue weighted by molar-refractivity contribution is -0.177. The molecule has 0 saturated carbocycles. The largest absolute Gasteiger partial charge is 0.533 e. The van der Waals surface area contributed by atoms with Crippen LogP contribution in [0.4, 0.5) is 4.79 Å². The molecule has 1 aromatic carbocycles. The van der Waals surface area contributed by atoms with Crippen molar-refractivity contribution in [3.05, 3.63) is 53.1 Å². The van der Waals surface area contributed by atoms with E-state index in [1.54, 1.807) is 0 Å². The third-order valence-corrected chi connectivity index (χ3v) is 4.45. The first-order chi connectivity index (χ1) is 12.1. The summed E-state index contributed by atoms with van der Waals surface area (Å²) in [5.41, 5.74) is 4.38. The summed E-state index contributed by atoms with van der Waals surface area (Å²) in [6, 6.07) is 7.95. The Balaban J connectivity index is 1.71. The number of hydroxylamine groups is 2. The number of hydrogen-bond donors (Lipinski definition) is 0. The fourth-order valence-electron chi connectivity index (χ4n) is 3.33. The van der Waals surface area contributed by atoms with E-state index < -0.39 is 18.0 Å². The molecule has 0 N–H and O–H groups in total. The summed E-state index contributed by atoms with van der Waals surface area (Å²) in [7, 11) is 0. The van der Waals surface area contributed by atoms with Crippen molar-refractivity contribution in [1.82, 2.24) is 5.06 Å². The minimum absolute atomic E-state index is 0.0511. The van der Waals surface area contributed by atoms with E-state index in [9.17, 15) is 14.4 Å². The van der Waals surface area contributed by atoms with Crippen molar-refractivity contribution in [3.8, 4) is 0 Å². The number of rotatable bonds is 3. The highest BCUT2D eigenvalue weighted by Gasteiger charge is 2.35. The van der Waals surface area contributed by atoms with Gasteiger partial charge in [0.15, 0.2) is 0 Å². The van der Waals surface area contributed by atoms with Crippen molar-refractivity contribution in [3.63, 3.8) is 0 Å². The van der Waals surface area contributed by atoms with E-state index in [1.807, 2.05) is 50.3 Å². The molecule has 1 aliphatic carbocycles. The molecule has 0 spiro atoms. The number of benzene rings is 1. The molecule has 1 heterocycles. The lowest BCUT2D eigenvalue weighted by atomic mass is 9.97. The van der Waals surface area contributed by atoms with Gasteiger partial charge in [-0.15, -0.1) is 0 Å². The quantitative estimate of drug-likeness (QED) is 0.623. The molecule has 1 atom stereocenters. The summed E-state index contributed by atoms with van der Waals surface area (Å²) in [5, 5.41) is 0.485. The van der Waals surface area contributed by atoms with Crippen LogP contribution >= 0.6 is 0 Å². The Labute approximate surface area is 145 Å². The molecule has 1 aliphatic heterocycles. The summed E-state index contributed by atoms with van der Waals surface area (Å²) >= 11 is 0. The molecule has 6 nitrogen and oxygen atoms in total. The summed E-state index contributed by atoms with van der Waals surface area (Å²) in [6.45, 7) is 3.98. The summed E-state index contributed by atoms with van der Waals surface area (Å²) in [5.74, 6) is -1.16. The van der Waals surface area contributed by atoms with Crippen molar-refractivity contribution >= 4 is 23.5 Å². The van der Waals surface area contributed by atoms with E-state index in [2.05, 4.69) is 0 Å². The molecule has 25 heavy (non-hydrogen) atoms. The Morgan fingerprint density at radius 3 is 2.48 bits per heavy atom. The van der Waals surface area contributed by atoms with Gasteiger partial charge in [-0.25, -0.2) is 4.79 Å². The van der Waals surface area contributed by atoms with E-state index in [0.717, 1.165) is 22.3 Å². The number of ether oxygens (including phenoxy) is 1. The van der Waals surface area contributed by atoms with Gasteiger partial charge >= 0.3 is 6.16 Å². The molecule has 1 unspecified atom stereocenters. The maximum absolute atomic E-state index is 11.9. The van der Waals surface area contributed by atoms with E-state index in [1.165, 1.54) is 0 Å². The van der Waals surface area contributed by atoms with E-state index in [0.29, 0.717) is 5.06 Å². The number of imide groups is 1. The zero-order chi connectivity index (χ0) is 18.0. The van der Waals surface area contributed by atoms with Gasteiger partial charge < -0.3 is 4.74 Å². The molecule has 1 fully saturated rings. The fourth-order valence-corrected chi connectivity index (χ4v) is 3.33. The monoisotopic (exact) mass is 341 g/mol. The Morgan fingerprint density at radius 2 is 1.84 bits per heavy atom. The number of allylic oxidation sites excluding steroid dienone is 3. The molecular formula is C19H19NO5. The van der Waals surface area contributed by atoms with Crippen molar-refractivity contribution in [2.24, 2.45) is 0 Å². The highest BCUT2D eigenvalue weighted by atomic mass is 16.8. The normalized spacial score (nSPS) is 22.6. The second-order valence-corrected chi connectivity index (χ2v) is 5.82. The van der Waals surface area contributed by atoms with E-state index >= 15 is 0 Å². The minimum atomic E-state index is -1.05. The van der Waals surface area contributed by atoms with Crippen LogP contribution in [0.25, 0.3) is 5.57 Å². The molecule has 130 valence electrons. The lowest BCUT2D eigenvalue weighted by Crippen LogP contribution is -2.32. The predicted molar refractivity (Wildman–Crippen MR) is 90.1 cm³/mol. The van der Waals surface area contributed by atoms with Crippen LogP contribution in [-0.4, -0.2) is 29.6 Å². The maximum atomic E-state index is 11.9. The van der Waals surface area contributed by atoms with Crippen molar-refractivity contribution in [2.75, 3.05) is 6.61 Å². The van der Waals surface area contributed by atoms with Crippen LogP contribution in [0.15, 0.2) is 42.0 Å². The van der Waals surface area contributed by atoms with Crippen LogP contribution in [0.2, 0.25) is 0 Å². The average molecular weight is 341 g/mol. The average Bonchev–Trinajstić information content (AvgIpc) is 3.10. The minimum Gasteiger partial charge on any atom is -0.432 e. The summed E-state index contributed by atoms with van der Waals surface area (Å²) in [4.78, 5) is 39.6. The standard InChI is InChI=1S/C19H19NO5/c1-3-12-13(4-2)16(15-8-6-5-7-14(12)15)11-24-19(23)25-20-17(21)9-10-18(20)22/h3-8,16H,9-11H2,1-2H3/b12-3+,13-4+. The zero-order valence-electron chi connectivity index (χ0n) is 14.2. The molecule has 2 aliphatic rings. The smallest absolute Gasteiger partial charge is 0.432 e. The van der Waals surface area contributed by atoms with Gasteiger partial charge in [0, 0.05) is 18.8 Å².